The van der Waals surface area contributed by atoms with E-state index < -0.39 is 6.04 Å². The summed E-state index contributed by atoms with van der Waals surface area (Å²) >= 11 is 0. The second kappa shape index (κ2) is 8.34. The molecule has 3 aromatic rings. The predicted octanol–water partition coefficient (Wildman–Crippen LogP) is 2.92. The molecule has 1 heterocycles. The minimum absolute atomic E-state index is 0.135. The Hall–Kier alpha value is -3.08. The molecule has 0 bridgehead atoms. The third kappa shape index (κ3) is 4.30. The molecule has 134 valence electrons. The van der Waals surface area contributed by atoms with Gasteiger partial charge in [-0.15, -0.1) is 0 Å². The van der Waals surface area contributed by atoms with E-state index in [1.807, 2.05) is 60.8 Å². The number of rotatable bonds is 7. The van der Waals surface area contributed by atoms with Gasteiger partial charge in [-0.25, -0.2) is 0 Å². The highest BCUT2D eigenvalue weighted by atomic mass is 16.2. The molecule has 26 heavy (non-hydrogen) atoms. The molecule has 3 N–H and O–H groups in total. The summed E-state index contributed by atoms with van der Waals surface area (Å²) in [5, 5.41) is 6.83. The van der Waals surface area contributed by atoms with Crippen LogP contribution in [0, 0.1) is 0 Å². The molecule has 0 radical (unpaired) electrons. The molecule has 3 rings (SSSR count). The summed E-state index contributed by atoms with van der Waals surface area (Å²) in [7, 11) is 0. The first-order chi connectivity index (χ1) is 12.7. The number of aromatic nitrogens is 1. The average Bonchev–Trinajstić information content (AvgIpc) is 3.09. The molecule has 1 atom stereocenters. The van der Waals surface area contributed by atoms with Crippen molar-refractivity contribution in [3.8, 4) is 0 Å². The van der Waals surface area contributed by atoms with Gasteiger partial charge in [0.2, 0.25) is 11.8 Å². The first-order valence-corrected chi connectivity index (χ1v) is 8.83. The molecular weight excluding hydrogens is 326 g/mol. The minimum atomic E-state index is -0.606. The van der Waals surface area contributed by atoms with Crippen LogP contribution in [0.15, 0.2) is 60.8 Å². The smallest absolute Gasteiger partial charge is 0.243 e. The molecule has 5 nitrogen and oxygen atoms in total. The van der Waals surface area contributed by atoms with Crippen LogP contribution in [0.5, 0.6) is 0 Å². The van der Waals surface area contributed by atoms with Gasteiger partial charge < -0.3 is 15.6 Å². The molecule has 0 spiro atoms. The van der Waals surface area contributed by atoms with Crippen molar-refractivity contribution in [2.75, 3.05) is 0 Å². The van der Waals surface area contributed by atoms with Crippen molar-refractivity contribution < 1.29 is 9.59 Å². The number of benzene rings is 2. The summed E-state index contributed by atoms with van der Waals surface area (Å²) in [4.78, 5) is 27.8. The summed E-state index contributed by atoms with van der Waals surface area (Å²) in [5.74, 6) is -0.314. The third-order valence-corrected chi connectivity index (χ3v) is 4.38. The molecular formula is C21H23N3O2. The summed E-state index contributed by atoms with van der Waals surface area (Å²) in [6, 6.07) is 17.1. The van der Waals surface area contributed by atoms with Gasteiger partial charge in [-0.3, -0.25) is 9.59 Å². The lowest BCUT2D eigenvalue weighted by molar-refractivity contribution is -0.128. The van der Waals surface area contributed by atoms with E-state index in [2.05, 4.69) is 15.6 Å². The predicted molar refractivity (Wildman–Crippen MR) is 103 cm³/mol. The summed E-state index contributed by atoms with van der Waals surface area (Å²) in [6.07, 6.45) is 2.69. The fraction of sp³-hybridized carbons (Fsp3) is 0.238. The van der Waals surface area contributed by atoms with E-state index in [1.54, 1.807) is 6.92 Å². The molecule has 0 fully saturated rings. The van der Waals surface area contributed by atoms with Crippen LogP contribution < -0.4 is 10.6 Å². The standard InChI is InChI=1S/C21H23N3O2/c1-2-20(25)24-19(21(26)23-13-15-8-4-3-5-9-15)12-16-14-22-18-11-7-6-10-17(16)18/h3-11,14,19,22H,2,12-13H2,1H3,(H,23,26)(H,24,25)/t19-/m0/s1. The number of H-pyrrole nitrogens is 1. The van der Waals surface area contributed by atoms with Gasteiger partial charge in [0.25, 0.3) is 0 Å². The van der Waals surface area contributed by atoms with Crippen molar-refractivity contribution in [1.82, 2.24) is 15.6 Å². The summed E-state index contributed by atoms with van der Waals surface area (Å²) in [5.41, 5.74) is 3.05. The lowest BCUT2D eigenvalue weighted by atomic mass is 10.0. The fourth-order valence-electron chi connectivity index (χ4n) is 2.93. The van der Waals surface area contributed by atoms with Crippen molar-refractivity contribution in [1.29, 1.82) is 0 Å². The topological polar surface area (TPSA) is 74.0 Å². The van der Waals surface area contributed by atoms with Gasteiger partial charge in [-0.05, 0) is 17.2 Å². The first kappa shape index (κ1) is 17.7. The Morgan fingerprint density at radius 1 is 1.04 bits per heavy atom. The number of carbonyl (C=O) groups excluding carboxylic acids is 2. The highest BCUT2D eigenvalue weighted by Gasteiger charge is 2.21. The molecule has 0 aliphatic heterocycles. The monoisotopic (exact) mass is 349 g/mol. The van der Waals surface area contributed by atoms with E-state index in [0.29, 0.717) is 19.4 Å². The van der Waals surface area contributed by atoms with E-state index in [1.165, 1.54) is 0 Å². The third-order valence-electron chi connectivity index (χ3n) is 4.38. The summed E-state index contributed by atoms with van der Waals surface area (Å²) in [6.45, 7) is 2.21. The number of para-hydroxylation sites is 1. The molecule has 0 aliphatic rings. The maximum absolute atomic E-state index is 12.7. The number of hydrogen-bond donors (Lipinski definition) is 3. The van der Waals surface area contributed by atoms with Gasteiger partial charge in [0.15, 0.2) is 0 Å². The average molecular weight is 349 g/mol. The highest BCUT2D eigenvalue weighted by molar-refractivity contribution is 5.89. The number of hydrogen-bond acceptors (Lipinski definition) is 2. The van der Waals surface area contributed by atoms with Crippen molar-refractivity contribution in [2.45, 2.75) is 32.4 Å². The number of nitrogens with one attached hydrogen (secondary N) is 3. The lowest BCUT2D eigenvalue weighted by Gasteiger charge is -2.18. The molecule has 2 aromatic carbocycles. The quantitative estimate of drug-likeness (QED) is 0.613. The Morgan fingerprint density at radius 3 is 2.54 bits per heavy atom. The molecule has 1 aromatic heterocycles. The Kier molecular flexibility index (Phi) is 5.69. The van der Waals surface area contributed by atoms with Crippen molar-refractivity contribution >= 4 is 22.7 Å². The van der Waals surface area contributed by atoms with Crippen LogP contribution in [0.1, 0.15) is 24.5 Å². The van der Waals surface area contributed by atoms with Crippen LogP contribution >= 0.6 is 0 Å². The van der Waals surface area contributed by atoms with Gasteiger partial charge in [-0.2, -0.15) is 0 Å². The Labute approximate surface area is 152 Å². The normalized spacial score (nSPS) is 11.9. The largest absolute Gasteiger partial charge is 0.361 e. The van der Waals surface area contributed by atoms with Gasteiger partial charge >= 0.3 is 0 Å². The van der Waals surface area contributed by atoms with Crippen molar-refractivity contribution in [2.24, 2.45) is 0 Å². The van der Waals surface area contributed by atoms with E-state index in [9.17, 15) is 9.59 Å². The van der Waals surface area contributed by atoms with Crippen LogP contribution in [0.3, 0.4) is 0 Å². The fourth-order valence-corrected chi connectivity index (χ4v) is 2.93. The number of fused-ring (bicyclic) bond motifs is 1. The van der Waals surface area contributed by atoms with E-state index in [4.69, 9.17) is 0 Å². The zero-order valence-electron chi connectivity index (χ0n) is 14.8. The zero-order chi connectivity index (χ0) is 18.4. The second-order valence-corrected chi connectivity index (χ2v) is 6.24. The van der Waals surface area contributed by atoms with Gasteiger partial charge in [0, 0.05) is 36.5 Å². The first-order valence-electron chi connectivity index (χ1n) is 8.83. The second-order valence-electron chi connectivity index (χ2n) is 6.24. The SMILES string of the molecule is CCC(=O)N[C@@H](Cc1c[nH]c2ccccc12)C(=O)NCc1ccccc1. The maximum atomic E-state index is 12.7. The van der Waals surface area contributed by atoms with E-state index in [-0.39, 0.29) is 11.8 Å². The minimum Gasteiger partial charge on any atom is -0.361 e. The van der Waals surface area contributed by atoms with Gasteiger partial charge in [-0.1, -0.05) is 55.5 Å². The molecule has 0 aliphatic carbocycles. The lowest BCUT2D eigenvalue weighted by Crippen LogP contribution is -2.47. The number of amides is 2. The van der Waals surface area contributed by atoms with Crippen LogP contribution in [0.4, 0.5) is 0 Å². The molecule has 2 amide bonds. The van der Waals surface area contributed by atoms with Crippen LogP contribution in [-0.4, -0.2) is 22.8 Å². The molecule has 5 heteroatoms. The van der Waals surface area contributed by atoms with Crippen LogP contribution in [0.25, 0.3) is 10.9 Å². The van der Waals surface area contributed by atoms with Crippen molar-refractivity contribution in [3.05, 3.63) is 71.9 Å². The van der Waals surface area contributed by atoms with E-state index in [0.717, 1.165) is 22.0 Å². The Morgan fingerprint density at radius 2 is 1.77 bits per heavy atom. The number of carbonyl (C=O) groups is 2. The molecule has 0 unspecified atom stereocenters. The van der Waals surface area contributed by atoms with Crippen LogP contribution in [-0.2, 0) is 22.6 Å². The Balaban J connectivity index is 1.73. The summed E-state index contributed by atoms with van der Waals surface area (Å²) < 4.78 is 0. The van der Waals surface area contributed by atoms with Gasteiger partial charge in [0.1, 0.15) is 6.04 Å². The number of aromatic amines is 1. The van der Waals surface area contributed by atoms with E-state index >= 15 is 0 Å². The maximum Gasteiger partial charge on any atom is 0.243 e. The van der Waals surface area contributed by atoms with Gasteiger partial charge in [0.05, 0.1) is 0 Å². The molecule has 0 saturated carbocycles. The Bertz CT molecular complexity index is 886. The molecule has 0 saturated heterocycles. The zero-order valence-corrected chi connectivity index (χ0v) is 14.8. The van der Waals surface area contributed by atoms with Crippen LogP contribution in [0.2, 0.25) is 0 Å². The van der Waals surface area contributed by atoms with Crippen molar-refractivity contribution in [3.63, 3.8) is 0 Å². The highest BCUT2D eigenvalue weighted by Crippen LogP contribution is 2.19.